The Kier molecular flexibility index (Phi) is 5.69. The van der Waals surface area contributed by atoms with E-state index in [2.05, 4.69) is 17.0 Å². The summed E-state index contributed by atoms with van der Waals surface area (Å²) in [7, 11) is -0.275. The van der Waals surface area contributed by atoms with Crippen LogP contribution in [0.15, 0.2) is 24.8 Å². The Balaban J connectivity index is 1.81. The summed E-state index contributed by atoms with van der Waals surface area (Å²) in [5, 5.41) is 4.34. The molecule has 1 aliphatic heterocycles. The first kappa shape index (κ1) is 18.9. The molecule has 142 valence electrons. The Labute approximate surface area is 155 Å². The Morgan fingerprint density at radius 3 is 2.81 bits per heavy atom. The van der Waals surface area contributed by atoms with Gasteiger partial charge in [0.05, 0.1) is 23.8 Å². The normalized spacial score (nSPS) is 19.2. The van der Waals surface area contributed by atoms with Gasteiger partial charge in [0, 0.05) is 57.6 Å². The molecule has 0 aliphatic carbocycles. The quantitative estimate of drug-likeness (QED) is 0.764. The van der Waals surface area contributed by atoms with Crippen molar-refractivity contribution in [2.45, 2.75) is 38.6 Å². The van der Waals surface area contributed by atoms with E-state index in [0.717, 1.165) is 42.8 Å². The minimum atomic E-state index is -3.40. The second-order valence-corrected chi connectivity index (χ2v) is 8.95. The van der Waals surface area contributed by atoms with Gasteiger partial charge in [0.1, 0.15) is 0 Å². The molecule has 8 nitrogen and oxygen atoms in total. The van der Waals surface area contributed by atoms with Gasteiger partial charge in [0.15, 0.2) is 0 Å². The molecule has 0 amide bonds. The van der Waals surface area contributed by atoms with Crippen molar-refractivity contribution in [1.29, 1.82) is 0 Å². The van der Waals surface area contributed by atoms with E-state index in [9.17, 15) is 8.42 Å². The van der Waals surface area contributed by atoms with Gasteiger partial charge in [-0.05, 0) is 19.3 Å². The Bertz CT molecular complexity index is 848. The average molecular weight is 379 g/mol. The minimum absolute atomic E-state index is 0.0524. The molecule has 0 spiro atoms. The molecule has 0 N–H and O–H groups in total. The van der Waals surface area contributed by atoms with Crippen LogP contribution in [0.3, 0.4) is 0 Å². The molecule has 1 saturated heterocycles. The maximum atomic E-state index is 12.4. The van der Waals surface area contributed by atoms with Crippen LogP contribution in [0.4, 0.5) is 0 Å². The minimum Gasteiger partial charge on any atom is -0.272 e. The number of rotatable bonds is 6. The number of aromatic nitrogens is 4. The smallest absolute Gasteiger partial charge is 0.272 e. The zero-order valence-corrected chi connectivity index (χ0v) is 16.4. The molecular formula is C17H26N6O2S. The SMILES string of the molecule is CCCn1cc(-c2cncc([C@H]3CCCN(S(=O)(=O)N(C)C)C3)n2)cn1. The van der Waals surface area contributed by atoms with Crippen LogP contribution in [0.1, 0.15) is 37.8 Å². The summed E-state index contributed by atoms with van der Waals surface area (Å²) in [5.41, 5.74) is 2.54. The summed E-state index contributed by atoms with van der Waals surface area (Å²) >= 11 is 0. The van der Waals surface area contributed by atoms with Crippen LogP contribution in [-0.2, 0) is 16.8 Å². The van der Waals surface area contributed by atoms with Gasteiger partial charge in [-0.3, -0.25) is 9.67 Å². The van der Waals surface area contributed by atoms with Gasteiger partial charge in [-0.15, -0.1) is 0 Å². The lowest BCUT2D eigenvalue weighted by Gasteiger charge is -2.33. The fourth-order valence-corrected chi connectivity index (χ4v) is 4.38. The van der Waals surface area contributed by atoms with E-state index in [4.69, 9.17) is 4.98 Å². The van der Waals surface area contributed by atoms with Crippen LogP contribution in [0.25, 0.3) is 11.3 Å². The molecule has 1 aliphatic rings. The molecule has 1 fully saturated rings. The van der Waals surface area contributed by atoms with E-state index in [1.165, 1.54) is 8.61 Å². The largest absolute Gasteiger partial charge is 0.281 e. The van der Waals surface area contributed by atoms with Crippen LogP contribution in [0, 0.1) is 0 Å². The van der Waals surface area contributed by atoms with Crippen LogP contribution in [-0.4, -0.2) is 64.0 Å². The molecule has 26 heavy (non-hydrogen) atoms. The molecule has 0 bridgehead atoms. The van der Waals surface area contributed by atoms with Gasteiger partial charge >= 0.3 is 0 Å². The number of aryl methyl sites for hydroxylation is 1. The fraction of sp³-hybridized carbons (Fsp3) is 0.588. The monoisotopic (exact) mass is 378 g/mol. The summed E-state index contributed by atoms with van der Waals surface area (Å²) in [6, 6.07) is 0. The molecule has 0 radical (unpaired) electrons. The second kappa shape index (κ2) is 7.81. The van der Waals surface area contributed by atoms with E-state index in [1.54, 1.807) is 32.7 Å². The predicted octanol–water partition coefficient (Wildman–Crippen LogP) is 1.74. The van der Waals surface area contributed by atoms with Crippen LogP contribution < -0.4 is 0 Å². The van der Waals surface area contributed by atoms with Crippen molar-refractivity contribution in [1.82, 2.24) is 28.4 Å². The number of piperidine rings is 1. The highest BCUT2D eigenvalue weighted by Crippen LogP contribution is 2.28. The van der Waals surface area contributed by atoms with Crippen molar-refractivity contribution in [2.24, 2.45) is 0 Å². The molecule has 0 unspecified atom stereocenters. The van der Waals surface area contributed by atoms with Crippen LogP contribution >= 0.6 is 0 Å². The Hall–Kier alpha value is -1.84. The van der Waals surface area contributed by atoms with Crippen LogP contribution in [0.2, 0.25) is 0 Å². The zero-order valence-electron chi connectivity index (χ0n) is 15.5. The standard InChI is InChI=1S/C17H26N6O2S/c1-4-7-22-12-15(9-19-22)17-11-18-10-16(20-17)14-6-5-8-23(13-14)26(24,25)21(2)3/h9-12,14H,4-8,13H2,1-3H3/t14-/m0/s1. The molecule has 9 heteroatoms. The Morgan fingerprint density at radius 2 is 2.08 bits per heavy atom. The van der Waals surface area contributed by atoms with Crippen molar-refractivity contribution in [2.75, 3.05) is 27.2 Å². The number of nitrogens with zero attached hydrogens (tertiary/aromatic N) is 6. The van der Waals surface area contributed by atoms with E-state index in [-0.39, 0.29) is 5.92 Å². The predicted molar refractivity (Wildman–Crippen MR) is 99.7 cm³/mol. The van der Waals surface area contributed by atoms with Gasteiger partial charge in [0.2, 0.25) is 0 Å². The van der Waals surface area contributed by atoms with Gasteiger partial charge in [0.25, 0.3) is 10.2 Å². The third kappa shape index (κ3) is 3.94. The first-order chi connectivity index (χ1) is 12.4. The van der Waals surface area contributed by atoms with Crippen molar-refractivity contribution in [3.8, 4) is 11.3 Å². The van der Waals surface area contributed by atoms with Gasteiger partial charge in [-0.1, -0.05) is 6.92 Å². The molecule has 3 heterocycles. The van der Waals surface area contributed by atoms with Crippen molar-refractivity contribution in [3.63, 3.8) is 0 Å². The van der Waals surface area contributed by atoms with E-state index < -0.39 is 10.2 Å². The molecular weight excluding hydrogens is 352 g/mol. The Morgan fingerprint density at radius 1 is 1.27 bits per heavy atom. The summed E-state index contributed by atoms with van der Waals surface area (Å²) in [4.78, 5) is 9.09. The lowest BCUT2D eigenvalue weighted by atomic mass is 9.96. The summed E-state index contributed by atoms with van der Waals surface area (Å²) in [5.74, 6) is 0.0524. The van der Waals surface area contributed by atoms with Crippen LogP contribution in [0.5, 0.6) is 0 Å². The highest BCUT2D eigenvalue weighted by Gasteiger charge is 2.31. The zero-order chi connectivity index (χ0) is 18.7. The third-order valence-corrected chi connectivity index (χ3v) is 6.53. The summed E-state index contributed by atoms with van der Waals surface area (Å²) in [6.07, 6.45) is 9.99. The number of hydrogen-bond acceptors (Lipinski definition) is 5. The third-order valence-electron chi connectivity index (χ3n) is 4.63. The first-order valence-electron chi connectivity index (χ1n) is 8.94. The summed E-state index contributed by atoms with van der Waals surface area (Å²) in [6.45, 7) is 3.97. The van der Waals surface area contributed by atoms with E-state index in [0.29, 0.717) is 13.1 Å². The molecule has 0 saturated carbocycles. The van der Waals surface area contributed by atoms with Gasteiger partial charge in [-0.2, -0.15) is 22.1 Å². The second-order valence-electron chi connectivity index (χ2n) is 6.81. The van der Waals surface area contributed by atoms with Crippen molar-refractivity contribution < 1.29 is 8.42 Å². The molecule has 0 aromatic carbocycles. The van der Waals surface area contributed by atoms with Gasteiger partial charge < -0.3 is 0 Å². The van der Waals surface area contributed by atoms with Crippen molar-refractivity contribution in [3.05, 3.63) is 30.5 Å². The van der Waals surface area contributed by atoms with Gasteiger partial charge in [-0.25, -0.2) is 4.98 Å². The summed E-state index contributed by atoms with van der Waals surface area (Å²) < 4.78 is 29.5. The maximum Gasteiger partial charge on any atom is 0.281 e. The van der Waals surface area contributed by atoms with Crippen molar-refractivity contribution >= 4 is 10.2 Å². The topological polar surface area (TPSA) is 84.2 Å². The number of hydrogen-bond donors (Lipinski definition) is 0. The molecule has 2 aromatic heterocycles. The first-order valence-corrected chi connectivity index (χ1v) is 10.3. The fourth-order valence-electron chi connectivity index (χ4n) is 3.19. The molecule has 2 aromatic rings. The average Bonchev–Trinajstić information content (AvgIpc) is 3.11. The lowest BCUT2D eigenvalue weighted by molar-refractivity contribution is 0.296. The van der Waals surface area contributed by atoms with E-state index >= 15 is 0 Å². The lowest BCUT2D eigenvalue weighted by Crippen LogP contribution is -2.45. The molecule has 3 rings (SSSR count). The molecule has 1 atom stereocenters. The highest BCUT2D eigenvalue weighted by atomic mass is 32.2. The maximum absolute atomic E-state index is 12.4. The highest BCUT2D eigenvalue weighted by molar-refractivity contribution is 7.86. The van der Waals surface area contributed by atoms with E-state index in [1.807, 2.05) is 10.9 Å².